The molecule has 2 atom stereocenters. The maximum absolute atomic E-state index is 12.7. The van der Waals surface area contributed by atoms with Crippen LogP contribution in [0.15, 0.2) is 24.5 Å². The summed E-state index contributed by atoms with van der Waals surface area (Å²) in [7, 11) is 0. The van der Waals surface area contributed by atoms with E-state index in [1.807, 2.05) is 22.9 Å². The van der Waals surface area contributed by atoms with Crippen LogP contribution in [-0.2, 0) is 11.2 Å². The number of hydrogen-bond acceptors (Lipinski definition) is 2. The molecule has 0 radical (unpaired) electrons. The third kappa shape index (κ3) is 2.31. The Morgan fingerprint density at radius 3 is 3.05 bits per heavy atom. The Labute approximate surface area is 131 Å². The lowest BCUT2D eigenvalue weighted by atomic mass is 9.85. The molecule has 2 aromatic heterocycles. The van der Waals surface area contributed by atoms with Crippen LogP contribution < -0.4 is 0 Å². The Kier molecular flexibility index (Phi) is 3.40. The first-order chi connectivity index (χ1) is 10.7. The molecule has 1 amide bonds. The summed E-state index contributed by atoms with van der Waals surface area (Å²) < 4.78 is 2.02. The highest BCUT2D eigenvalue weighted by Gasteiger charge is 2.37. The molecule has 0 spiro atoms. The summed E-state index contributed by atoms with van der Waals surface area (Å²) in [5.41, 5.74) is 3.00. The van der Waals surface area contributed by atoms with Crippen molar-refractivity contribution in [2.75, 3.05) is 6.54 Å². The van der Waals surface area contributed by atoms with Crippen LogP contribution >= 0.6 is 0 Å². The zero-order valence-electron chi connectivity index (χ0n) is 13.2. The summed E-state index contributed by atoms with van der Waals surface area (Å²) >= 11 is 0. The molecule has 2 fully saturated rings. The van der Waals surface area contributed by atoms with E-state index in [1.165, 1.54) is 32.1 Å². The standard InChI is InChI=1S/C18H23N3O/c1-13-5-4-9-20-12-15(19-18(13)20)11-17(22)21-10-8-14-6-2-3-7-16(14)21/h4-5,9,12,14,16H,2-3,6-8,10-11H2,1H3/t14-,16-/m0/s1. The SMILES string of the molecule is Cc1cccn2cc(CC(=O)N3CC[C@@H]4CCCC[C@@H]43)nc12. The largest absolute Gasteiger partial charge is 0.339 e. The van der Waals surface area contributed by atoms with Gasteiger partial charge >= 0.3 is 0 Å². The molecular formula is C18H23N3O. The highest BCUT2D eigenvalue weighted by Crippen LogP contribution is 2.36. The highest BCUT2D eigenvalue weighted by atomic mass is 16.2. The topological polar surface area (TPSA) is 37.6 Å². The molecule has 1 saturated heterocycles. The molecule has 4 nitrogen and oxygen atoms in total. The van der Waals surface area contributed by atoms with Crippen molar-refractivity contribution in [3.63, 3.8) is 0 Å². The number of aryl methyl sites for hydroxylation is 1. The zero-order chi connectivity index (χ0) is 15.1. The summed E-state index contributed by atoms with van der Waals surface area (Å²) in [5, 5.41) is 0. The first-order valence-electron chi connectivity index (χ1n) is 8.45. The predicted octanol–water partition coefficient (Wildman–Crippen LogP) is 2.98. The molecule has 3 heterocycles. The second-order valence-electron chi connectivity index (χ2n) is 6.82. The van der Waals surface area contributed by atoms with E-state index in [9.17, 15) is 4.79 Å². The molecule has 116 valence electrons. The Hall–Kier alpha value is -1.84. The maximum Gasteiger partial charge on any atom is 0.228 e. The van der Waals surface area contributed by atoms with Crippen LogP contribution in [0.3, 0.4) is 0 Å². The molecule has 0 N–H and O–H groups in total. The fraction of sp³-hybridized carbons (Fsp3) is 0.556. The molecule has 0 unspecified atom stereocenters. The van der Waals surface area contributed by atoms with Crippen LogP contribution in [0, 0.1) is 12.8 Å². The second kappa shape index (κ2) is 5.41. The van der Waals surface area contributed by atoms with Crippen LogP contribution in [0.25, 0.3) is 5.65 Å². The van der Waals surface area contributed by atoms with Crippen LogP contribution in [0.4, 0.5) is 0 Å². The van der Waals surface area contributed by atoms with Crippen LogP contribution in [0.5, 0.6) is 0 Å². The van der Waals surface area contributed by atoms with Gasteiger partial charge in [-0.05, 0) is 43.7 Å². The number of carbonyl (C=O) groups is 1. The number of carbonyl (C=O) groups excluding carboxylic acids is 1. The van der Waals surface area contributed by atoms with Gasteiger partial charge in [-0.25, -0.2) is 4.98 Å². The van der Waals surface area contributed by atoms with E-state index in [2.05, 4.69) is 22.9 Å². The molecule has 4 heteroatoms. The fourth-order valence-electron chi connectivity index (χ4n) is 4.26. The summed E-state index contributed by atoms with van der Waals surface area (Å²) in [4.78, 5) is 19.5. The van der Waals surface area contributed by atoms with E-state index in [-0.39, 0.29) is 5.91 Å². The predicted molar refractivity (Wildman–Crippen MR) is 85.7 cm³/mol. The molecular weight excluding hydrogens is 274 g/mol. The van der Waals surface area contributed by atoms with Crippen molar-refractivity contribution < 1.29 is 4.79 Å². The van der Waals surface area contributed by atoms with Gasteiger partial charge in [0, 0.05) is 25.0 Å². The zero-order valence-corrected chi connectivity index (χ0v) is 13.2. The quantitative estimate of drug-likeness (QED) is 0.854. The van der Waals surface area contributed by atoms with Gasteiger partial charge in [-0.3, -0.25) is 4.79 Å². The number of amides is 1. The Balaban J connectivity index is 1.52. The van der Waals surface area contributed by atoms with E-state index in [1.54, 1.807) is 0 Å². The molecule has 1 aliphatic carbocycles. The third-order valence-corrected chi connectivity index (χ3v) is 5.39. The molecule has 4 rings (SSSR count). The van der Waals surface area contributed by atoms with Crippen molar-refractivity contribution in [2.45, 2.75) is 51.5 Å². The lowest BCUT2D eigenvalue weighted by Crippen LogP contribution is -2.40. The number of nitrogens with zero attached hydrogens (tertiary/aromatic N) is 3. The van der Waals surface area contributed by atoms with Crippen molar-refractivity contribution in [1.82, 2.24) is 14.3 Å². The summed E-state index contributed by atoms with van der Waals surface area (Å²) in [5.74, 6) is 1.01. The summed E-state index contributed by atoms with van der Waals surface area (Å²) in [6.07, 6.45) is 10.7. The minimum atomic E-state index is 0.260. The van der Waals surface area contributed by atoms with Crippen molar-refractivity contribution >= 4 is 11.6 Å². The monoisotopic (exact) mass is 297 g/mol. The number of imidazole rings is 1. The maximum atomic E-state index is 12.7. The third-order valence-electron chi connectivity index (χ3n) is 5.39. The molecule has 2 aromatic rings. The summed E-state index contributed by atoms with van der Waals surface area (Å²) in [6, 6.07) is 4.57. The van der Waals surface area contributed by atoms with Gasteiger partial charge in [0.1, 0.15) is 5.65 Å². The second-order valence-corrected chi connectivity index (χ2v) is 6.82. The van der Waals surface area contributed by atoms with Gasteiger partial charge < -0.3 is 9.30 Å². The van der Waals surface area contributed by atoms with E-state index in [4.69, 9.17) is 0 Å². The number of rotatable bonds is 2. The van der Waals surface area contributed by atoms with E-state index in [0.29, 0.717) is 12.5 Å². The Bertz CT molecular complexity index is 705. The smallest absolute Gasteiger partial charge is 0.228 e. The first-order valence-corrected chi connectivity index (χ1v) is 8.45. The summed E-state index contributed by atoms with van der Waals surface area (Å²) in [6.45, 7) is 3.00. The Morgan fingerprint density at radius 1 is 1.32 bits per heavy atom. The van der Waals surface area contributed by atoms with Crippen molar-refractivity contribution in [2.24, 2.45) is 5.92 Å². The van der Waals surface area contributed by atoms with Crippen molar-refractivity contribution in [3.8, 4) is 0 Å². The van der Waals surface area contributed by atoms with Crippen LogP contribution in [0.1, 0.15) is 43.4 Å². The van der Waals surface area contributed by atoms with E-state index in [0.717, 1.165) is 29.4 Å². The van der Waals surface area contributed by atoms with Crippen LogP contribution in [0.2, 0.25) is 0 Å². The van der Waals surface area contributed by atoms with Gasteiger partial charge in [0.2, 0.25) is 5.91 Å². The van der Waals surface area contributed by atoms with Crippen molar-refractivity contribution in [1.29, 1.82) is 0 Å². The normalized spacial score (nSPS) is 24.7. The minimum Gasteiger partial charge on any atom is -0.339 e. The number of fused-ring (bicyclic) bond motifs is 2. The number of aromatic nitrogens is 2. The molecule has 1 saturated carbocycles. The van der Waals surface area contributed by atoms with Gasteiger partial charge in [0.15, 0.2) is 0 Å². The van der Waals surface area contributed by atoms with Gasteiger partial charge in [-0.15, -0.1) is 0 Å². The Morgan fingerprint density at radius 2 is 2.18 bits per heavy atom. The average Bonchev–Trinajstić information content (AvgIpc) is 3.11. The average molecular weight is 297 g/mol. The molecule has 22 heavy (non-hydrogen) atoms. The van der Waals surface area contributed by atoms with Gasteiger partial charge in [0.25, 0.3) is 0 Å². The van der Waals surface area contributed by atoms with Crippen LogP contribution in [-0.4, -0.2) is 32.8 Å². The molecule has 2 aliphatic rings. The lowest BCUT2D eigenvalue weighted by Gasteiger charge is -2.31. The highest BCUT2D eigenvalue weighted by molar-refractivity contribution is 5.79. The van der Waals surface area contributed by atoms with Gasteiger partial charge in [-0.2, -0.15) is 0 Å². The number of pyridine rings is 1. The minimum absolute atomic E-state index is 0.260. The first kappa shape index (κ1) is 13.8. The molecule has 0 bridgehead atoms. The van der Waals surface area contributed by atoms with Gasteiger partial charge in [0.05, 0.1) is 12.1 Å². The van der Waals surface area contributed by atoms with E-state index >= 15 is 0 Å². The number of likely N-dealkylation sites (tertiary alicyclic amines) is 1. The van der Waals surface area contributed by atoms with Crippen molar-refractivity contribution in [3.05, 3.63) is 35.8 Å². The number of hydrogen-bond donors (Lipinski definition) is 0. The molecule has 0 aromatic carbocycles. The van der Waals surface area contributed by atoms with Gasteiger partial charge in [-0.1, -0.05) is 18.9 Å². The fourth-order valence-corrected chi connectivity index (χ4v) is 4.26. The van der Waals surface area contributed by atoms with E-state index < -0.39 is 0 Å². The molecule has 1 aliphatic heterocycles. The lowest BCUT2D eigenvalue weighted by molar-refractivity contribution is -0.132.